The van der Waals surface area contributed by atoms with Crippen molar-refractivity contribution in [2.45, 2.75) is 45.4 Å². The lowest BCUT2D eigenvalue weighted by molar-refractivity contribution is -0.122. The zero-order chi connectivity index (χ0) is 16.9. The van der Waals surface area contributed by atoms with E-state index in [-0.39, 0.29) is 11.3 Å². The molecule has 2 unspecified atom stereocenters. The average Bonchev–Trinajstić information content (AvgIpc) is 2.54. The number of hydrogen-bond acceptors (Lipinski definition) is 2. The van der Waals surface area contributed by atoms with Gasteiger partial charge in [-0.05, 0) is 55.5 Å². The van der Waals surface area contributed by atoms with E-state index in [2.05, 4.69) is 71.6 Å². The van der Waals surface area contributed by atoms with Crippen LogP contribution in [0.15, 0.2) is 28.7 Å². The summed E-state index contributed by atoms with van der Waals surface area (Å²) in [6.07, 6.45) is 3.10. The van der Waals surface area contributed by atoms with Gasteiger partial charge in [0.25, 0.3) is 0 Å². The topological polar surface area (TPSA) is 41.1 Å². The third kappa shape index (κ3) is 5.61. The van der Waals surface area contributed by atoms with E-state index in [9.17, 15) is 4.79 Å². The second kappa shape index (κ2) is 8.29. The van der Waals surface area contributed by atoms with Gasteiger partial charge in [-0.2, -0.15) is 0 Å². The minimum Gasteiger partial charge on any atom is -0.355 e. The Kier molecular flexibility index (Phi) is 6.66. The fourth-order valence-corrected chi connectivity index (χ4v) is 3.48. The fourth-order valence-electron chi connectivity index (χ4n) is 3.22. The molecule has 2 N–H and O–H groups in total. The zero-order valence-corrected chi connectivity index (χ0v) is 16.1. The van der Waals surface area contributed by atoms with Gasteiger partial charge >= 0.3 is 0 Å². The van der Waals surface area contributed by atoms with Crippen molar-refractivity contribution >= 4 is 21.8 Å². The Morgan fingerprint density at radius 1 is 1.39 bits per heavy atom. The van der Waals surface area contributed by atoms with Crippen molar-refractivity contribution in [3.8, 4) is 0 Å². The van der Waals surface area contributed by atoms with Crippen molar-refractivity contribution in [1.82, 2.24) is 10.6 Å². The Hall–Kier alpha value is -0.870. The van der Waals surface area contributed by atoms with Crippen molar-refractivity contribution in [2.24, 2.45) is 11.8 Å². The number of amides is 1. The van der Waals surface area contributed by atoms with E-state index in [1.54, 1.807) is 0 Å². The van der Waals surface area contributed by atoms with Gasteiger partial charge in [0.1, 0.15) is 0 Å². The summed E-state index contributed by atoms with van der Waals surface area (Å²) in [7, 11) is 0. The molecule has 0 bridgehead atoms. The molecule has 0 radical (unpaired) electrons. The van der Waals surface area contributed by atoms with Crippen molar-refractivity contribution in [1.29, 1.82) is 0 Å². The molecule has 0 spiro atoms. The van der Waals surface area contributed by atoms with Crippen LogP contribution in [0.2, 0.25) is 0 Å². The minimum atomic E-state index is -0.0635. The maximum absolute atomic E-state index is 12.3. The normalized spacial score (nSPS) is 20.1. The first-order valence-corrected chi connectivity index (χ1v) is 9.41. The van der Waals surface area contributed by atoms with Crippen LogP contribution in [-0.4, -0.2) is 25.5 Å². The molecule has 1 aromatic rings. The van der Waals surface area contributed by atoms with Crippen LogP contribution in [0, 0.1) is 11.8 Å². The monoisotopic (exact) mass is 380 g/mol. The Labute approximate surface area is 148 Å². The summed E-state index contributed by atoms with van der Waals surface area (Å²) in [6, 6.07) is 8.34. The highest BCUT2D eigenvalue weighted by Gasteiger charge is 2.24. The Bertz CT molecular complexity index is 507. The zero-order valence-electron chi connectivity index (χ0n) is 14.5. The lowest BCUT2D eigenvalue weighted by Gasteiger charge is -2.29. The summed E-state index contributed by atoms with van der Waals surface area (Å²) >= 11 is 3.46. The summed E-state index contributed by atoms with van der Waals surface area (Å²) in [4.78, 5) is 12.3. The van der Waals surface area contributed by atoms with Gasteiger partial charge in [0.15, 0.2) is 0 Å². The van der Waals surface area contributed by atoms with E-state index in [1.807, 2.05) is 0 Å². The third-order valence-electron chi connectivity index (χ3n) is 5.00. The summed E-state index contributed by atoms with van der Waals surface area (Å²) in [5.41, 5.74) is 1.18. The van der Waals surface area contributed by atoms with E-state index in [1.165, 1.54) is 18.4 Å². The number of piperidine rings is 1. The Morgan fingerprint density at radius 3 is 2.70 bits per heavy atom. The van der Waals surface area contributed by atoms with Crippen LogP contribution >= 0.6 is 15.9 Å². The smallest absolute Gasteiger partial charge is 0.220 e. The van der Waals surface area contributed by atoms with Gasteiger partial charge in [0.05, 0.1) is 0 Å². The Morgan fingerprint density at radius 2 is 2.09 bits per heavy atom. The second-order valence-electron chi connectivity index (χ2n) is 7.46. The molecule has 1 heterocycles. The molecule has 1 aliphatic rings. The van der Waals surface area contributed by atoms with E-state index in [0.29, 0.717) is 24.8 Å². The summed E-state index contributed by atoms with van der Waals surface area (Å²) in [5.74, 6) is 1.25. The molecule has 3 nitrogen and oxygen atoms in total. The molecule has 0 saturated carbocycles. The van der Waals surface area contributed by atoms with Gasteiger partial charge in [0.2, 0.25) is 5.91 Å². The fraction of sp³-hybridized carbons (Fsp3) is 0.632. The van der Waals surface area contributed by atoms with Crippen LogP contribution in [-0.2, 0) is 10.2 Å². The SMILES string of the molecule is CC(CC(=O)NCC(C)(C)c1ccc(Br)cc1)C1CCCNC1. The van der Waals surface area contributed by atoms with Gasteiger partial charge in [-0.1, -0.05) is 48.8 Å². The first kappa shape index (κ1) is 18.5. The molecule has 1 fully saturated rings. The number of carbonyl (C=O) groups is 1. The van der Waals surface area contributed by atoms with Gasteiger partial charge in [0, 0.05) is 22.9 Å². The third-order valence-corrected chi connectivity index (χ3v) is 5.53. The maximum Gasteiger partial charge on any atom is 0.220 e. The summed E-state index contributed by atoms with van der Waals surface area (Å²) in [6.45, 7) is 9.39. The quantitative estimate of drug-likeness (QED) is 0.786. The van der Waals surface area contributed by atoms with E-state index in [0.717, 1.165) is 17.6 Å². The van der Waals surface area contributed by atoms with Crippen molar-refractivity contribution in [2.75, 3.05) is 19.6 Å². The molecule has 1 saturated heterocycles. The number of benzene rings is 1. The molecule has 2 rings (SSSR count). The lowest BCUT2D eigenvalue weighted by Crippen LogP contribution is -2.39. The highest BCUT2D eigenvalue weighted by atomic mass is 79.9. The van der Waals surface area contributed by atoms with E-state index >= 15 is 0 Å². The predicted molar refractivity (Wildman–Crippen MR) is 99.6 cm³/mol. The Balaban J connectivity index is 1.81. The molecule has 0 aromatic heterocycles. The van der Waals surface area contributed by atoms with Crippen molar-refractivity contribution < 1.29 is 4.79 Å². The largest absolute Gasteiger partial charge is 0.355 e. The van der Waals surface area contributed by atoms with E-state index < -0.39 is 0 Å². The summed E-state index contributed by atoms with van der Waals surface area (Å²) < 4.78 is 1.08. The average molecular weight is 381 g/mol. The van der Waals surface area contributed by atoms with Gasteiger partial charge in [-0.25, -0.2) is 0 Å². The number of rotatable bonds is 6. The highest BCUT2D eigenvalue weighted by molar-refractivity contribution is 9.10. The predicted octanol–water partition coefficient (Wildman–Crippen LogP) is 3.87. The number of halogens is 1. The van der Waals surface area contributed by atoms with Crippen molar-refractivity contribution in [3.05, 3.63) is 34.3 Å². The van der Waals surface area contributed by atoms with Gasteiger partial charge < -0.3 is 10.6 Å². The number of nitrogens with one attached hydrogen (secondary N) is 2. The highest BCUT2D eigenvalue weighted by Crippen LogP contribution is 2.25. The molecule has 1 amide bonds. The van der Waals surface area contributed by atoms with Gasteiger partial charge in [-0.15, -0.1) is 0 Å². The molecule has 4 heteroatoms. The van der Waals surface area contributed by atoms with Crippen LogP contribution < -0.4 is 10.6 Å². The van der Waals surface area contributed by atoms with Crippen LogP contribution in [0.4, 0.5) is 0 Å². The van der Waals surface area contributed by atoms with Crippen LogP contribution in [0.25, 0.3) is 0 Å². The van der Waals surface area contributed by atoms with Crippen LogP contribution in [0.5, 0.6) is 0 Å². The minimum absolute atomic E-state index is 0.0635. The second-order valence-corrected chi connectivity index (χ2v) is 8.37. The first-order chi connectivity index (χ1) is 10.9. The molecule has 23 heavy (non-hydrogen) atoms. The number of carbonyl (C=O) groups excluding carboxylic acids is 1. The lowest BCUT2D eigenvalue weighted by atomic mass is 9.83. The molecule has 128 valence electrons. The van der Waals surface area contributed by atoms with Gasteiger partial charge in [-0.3, -0.25) is 4.79 Å². The van der Waals surface area contributed by atoms with Crippen LogP contribution in [0.1, 0.15) is 45.6 Å². The standard InChI is InChI=1S/C19H29BrN2O/c1-14(15-5-4-10-21-12-15)11-18(23)22-13-19(2,3)16-6-8-17(20)9-7-16/h6-9,14-15,21H,4-5,10-13H2,1-3H3,(H,22,23). The molecular weight excluding hydrogens is 352 g/mol. The molecule has 1 aliphatic heterocycles. The van der Waals surface area contributed by atoms with Crippen LogP contribution in [0.3, 0.4) is 0 Å². The summed E-state index contributed by atoms with van der Waals surface area (Å²) in [5, 5.41) is 6.57. The van der Waals surface area contributed by atoms with E-state index in [4.69, 9.17) is 0 Å². The number of hydrogen-bond donors (Lipinski definition) is 2. The molecule has 2 atom stereocenters. The first-order valence-electron chi connectivity index (χ1n) is 8.62. The molecular formula is C19H29BrN2O. The maximum atomic E-state index is 12.3. The van der Waals surface area contributed by atoms with Crippen molar-refractivity contribution in [3.63, 3.8) is 0 Å². The molecule has 1 aromatic carbocycles. The molecule has 0 aliphatic carbocycles.